The van der Waals surface area contributed by atoms with Crippen molar-refractivity contribution in [3.8, 4) is 0 Å². The predicted molar refractivity (Wildman–Crippen MR) is 67.7 cm³/mol. The number of hydrogen-bond donors (Lipinski definition) is 1. The largest absolute Gasteiger partial charge is 0.305 e. The lowest BCUT2D eigenvalue weighted by molar-refractivity contribution is 0.0932. The fourth-order valence-corrected chi connectivity index (χ4v) is 1.80. The van der Waals surface area contributed by atoms with Gasteiger partial charge in [-0.25, -0.2) is 4.39 Å². The summed E-state index contributed by atoms with van der Waals surface area (Å²) in [6, 6.07) is 5.82. The molecule has 17 heavy (non-hydrogen) atoms. The number of carbonyl (C=O) groups excluding carboxylic acids is 1. The second-order valence-corrected chi connectivity index (χ2v) is 4.53. The maximum Gasteiger partial charge on any atom is 0.179 e. The van der Waals surface area contributed by atoms with Crippen LogP contribution in [-0.4, -0.2) is 17.9 Å². The van der Waals surface area contributed by atoms with Gasteiger partial charge >= 0.3 is 0 Å². The quantitative estimate of drug-likeness (QED) is 0.770. The van der Waals surface area contributed by atoms with Gasteiger partial charge in [-0.1, -0.05) is 27.2 Å². The zero-order valence-corrected chi connectivity index (χ0v) is 10.7. The molecule has 2 nitrogen and oxygen atoms in total. The van der Waals surface area contributed by atoms with Gasteiger partial charge < -0.3 is 5.32 Å². The Kier molecular flexibility index (Phi) is 5.29. The first kappa shape index (κ1) is 13.8. The van der Waals surface area contributed by atoms with Crippen LogP contribution < -0.4 is 5.32 Å². The van der Waals surface area contributed by atoms with E-state index in [1.54, 1.807) is 12.1 Å². The zero-order valence-electron chi connectivity index (χ0n) is 10.7. The van der Waals surface area contributed by atoms with Crippen LogP contribution in [0.1, 0.15) is 44.0 Å². The molecule has 0 aliphatic heterocycles. The van der Waals surface area contributed by atoms with Crippen LogP contribution in [0.2, 0.25) is 0 Å². The predicted octanol–water partition coefficient (Wildman–Crippen LogP) is 3.18. The van der Waals surface area contributed by atoms with Gasteiger partial charge in [0.05, 0.1) is 6.04 Å². The van der Waals surface area contributed by atoms with Gasteiger partial charge in [-0.3, -0.25) is 4.79 Å². The van der Waals surface area contributed by atoms with Crippen molar-refractivity contribution in [2.75, 3.05) is 0 Å². The van der Waals surface area contributed by atoms with E-state index in [1.807, 2.05) is 20.8 Å². The van der Waals surface area contributed by atoms with Crippen molar-refractivity contribution in [1.29, 1.82) is 0 Å². The van der Waals surface area contributed by atoms with Gasteiger partial charge in [-0.2, -0.15) is 0 Å². The highest BCUT2D eigenvalue weighted by Crippen LogP contribution is 2.10. The number of ketones is 1. The third kappa shape index (κ3) is 4.27. The van der Waals surface area contributed by atoms with Crippen LogP contribution in [0.15, 0.2) is 24.3 Å². The van der Waals surface area contributed by atoms with E-state index in [1.165, 1.54) is 12.1 Å². The van der Waals surface area contributed by atoms with Gasteiger partial charge in [0.15, 0.2) is 5.78 Å². The van der Waals surface area contributed by atoms with Crippen LogP contribution >= 0.6 is 0 Å². The highest BCUT2D eigenvalue weighted by atomic mass is 19.1. The van der Waals surface area contributed by atoms with E-state index in [9.17, 15) is 9.18 Å². The van der Waals surface area contributed by atoms with Crippen molar-refractivity contribution in [2.45, 2.75) is 45.7 Å². The Balaban J connectivity index is 2.79. The van der Waals surface area contributed by atoms with Crippen LogP contribution in [0.4, 0.5) is 4.39 Å². The first-order chi connectivity index (χ1) is 8.04. The second-order valence-electron chi connectivity index (χ2n) is 4.53. The lowest BCUT2D eigenvalue weighted by Crippen LogP contribution is -2.40. The molecule has 0 aromatic heterocycles. The number of hydrogen-bond acceptors (Lipinski definition) is 2. The van der Waals surface area contributed by atoms with Gasteiger partial charge in [-0.15, -0.1) is 0 Å². The van der Waals surface area contributed by atoms with Gasteiger partial charge in [-0.05, 0) is 30.7 Å². The molecule has 0 aliphatic carbocycles. The summed E-state index contributed by atoms with van der Waals surface area (Å²) in [6.45, 7) is 6.08. The van der Waals surface area contributed by atoms with E-state index < -0.39 is 0 Å². The van der Waals surface area contributed by atoms with E-state index in [2.05, 4.69) is 5.32 Å². The van der Waals surface area contributed by atoms with Crippen LogP contribution in [0, 0.1) is 5.82 Å². The normalized spacial score (nSPS) is 12.8. The van der Waals surface area contributed by atoms with E-state index in [-0.39, 0.29) is 23.7 Å². The molecule has 1 aromatic rings. The number of halogens is 1. The molecule has 0 heterocycles. The lowest BCUT2D eigenvalue weighted by Gasteiger charge is -2.19. The summed E-state index contributed by atoms with van der Waals surface area (Å²) in [5.41, 5.74) is 0.568. The standard InChI is InChI=1S/C14H20FNO/c1-4-5-13(16-10(2)3)14(17)11-6-8-12(15)9-7-11/h6-10,13,16H,4-5H2,1-3H3. The molecule has 0 saturated heterocycles. The Morgan fingerprint density at radius 3 is 2.35 bits per heavy atom. The SMILES string of the molecule is CCCC(NC(C)C)C(=O)c1ccc(F)cc1. The van der Waals surface area contributed by atoms with Crippen molar-refractivity contribution in [3.05, 3.63) is 35.6 Å². The molecular formula is C14H20FNO. The highest BCUT2D eigenvalue weighted by Gasteiger charge is 2.19. The molecule has 1 unspecified atom stereocenters. The fraction of sp³-hybridized carbons (Fsp3) is 0.500. The van der Waals surface area contributed by atoms with Crippen LogP contribution in [0.5, 0.6) is 0 Å². The lowest BCUT2D eigenvalue weighted by atomic mass is 10.00. The monoisotopic (exact) mass is 237 g/mol. The summed E-state index contributed by atoms with van der Waals surface area (Å²) in [5, 5.41) is 3.25. The van der Waals surface area contributed by atoms with E-state index in [0.29, 0.717) is 5.56 Å². The number of carbonyl (C=O) groups is 1. The summed E-state index contributed by atoms with van der Waals surface area (Å²) >= 11 is 0. The zero-order chi connectivity index (χ0) is 12.8. The molecular weight excluding hydrogens is 217 g/mol. The minimum absolute atomic E-state index is 0.0422. The molecule has 0 saturated carbocycles. The number of rotatable bonds is 6. The third-order valence-electron chi connectivity index (χ3n) is 2.56. The number of nitrogens with one attached hydrogen (secondary N) is 1. The fourth-order valence-electron chi connectivity index (χ4n) is 1.80. The molecule has 0 fully saturated rings. The number of Topliss-reactive ketones (excluding diaryl/α,β-unsaturated/α-hetero) is 1. The van der Waals surface area contributed by atoms with E-state index in [0.717, 1.165) is 12.8 Å². The van der Waals surface area contributed by atoms with Crippen molar-refractivity contribution in [2.24, 2.45) is 0 Å². The van der Waals surface area contributed by atoms with Gasteiger partial charge in [0.25, 0.3) is 0 Å². The third-order valence-corrected chi connectivity index (χ3v) is 2.56. The van der Waals surface area contributed by atoms with Crippen molar-refractivity contribution in [1.82, 2.24) is 5.32 Å². The van der Waals surface area contributed by atoms with Gasteiger partial charge in [0.2, 0.25) is 0 Å². The maximum absolute atomic E-state index is 12.8. The number of benzene rings is 1. The molecule has 94 valence electrons. The van der Waals surface area contributed by atoms with Crippen LogP contribution in [0.3, 0.4) is 0 Å². The van der Waals surface area contributed by atoms with Crippen LogP contribution in [-0.2, 0) is 0 Å². The van der Waals surface area contributed by atoms with Crippen LogP contribution in [0.25, 0.3) is 0 Å². The Hall–Kier alpha value is -1.22. The van der Waals surface area contributed by atoms with E-state index >= 15 is 0 Å². The van der Waals surface area contributed by atoms with E-state index in [4.69, 9.17) is 0 Å². The summed E-state index contributed by atoms with van der Waals surface area (Å²) in [7, 11) is 0. The smallest absolute Gasteiger partial charge is 0.179 e. The molecule has 0 amide bonds. The first-order valence-electron chi connectivity index (χ1n) is 6.10. The Labute approximate surface area is 102 Å². The average molecular weight is 237 g/mol. The first-order valence-corrected chi connectivity index (χ1v) is 6.10. The molecule has 0 aliphatic rings. The average Bonchev–Trinajstić information content (AvgIpc) is 2.28. The minimum Gasteiger partial charge on any atom is -0.305 e. The summed E-state index contributed by atoms with van der Waals surface area (Å²) in [4.78, 5) is 12.2. The molecule has 0 spiro atoms. The van der Waals surface area contributed by atoms with Crippen molar-refractivity contribution < 1.29 is 9.18 Å². The molecule has 0 radical (unpaired) electrons. The maximum atomic E-state index is 12.8. The summed E-state index contributed by atoms with van der Waals surface area (Å²) in [6.07, 6.45) is 1.74. The van der Waals surface area contributed by atoms with Crippen molar-refractivity contribution >= 4 is 5.78 Å². The molecule has 1 N–H and O–H groups in total. The summed E-state index contributed by atoms with van der Waals surface area (Å²) in [5.74, 6) is -0.272. The van der Waals surface area contributed by atoms with Gasteiger partial charge in [0.1, 0.15) is 5.82 Å². The van der Waals surface area contributed by atoms with Gasteiger partial charge in [0, 0.05) is 11.6 Å². The Morgan fingerprint density at radius 2 is 1.88 bits per heavy atom. The second kappa shape index (κ2) is 6.50. The minimum atomic E-state index is -0.314. The molecule has 1 rings (SSSR count). The van der Waals surface area contributed by atoms with Crippen molar-refractivity contribution in [3.63, 3.8) is 0 Å². The molecule has 1 aromatic carbocycles. The summed E-state index contributed by atoms with van der Waals surface area (Å²) < 4.78 is 12.8. The molecule has 3 heteroatoms. The topological polar surface area (TPSA) is 29.1 Å². The highest BCUT2D eigenvalue weighted by molar-refractivity contribution is 6.00. The molecule has 0 bridgehead atoms. The Morgan fingerprint density at radius 1 is 1.29 bits per heavy atom. The Bertz CT molecular complexity index is 359. The molecule has 1 atom stereocenters.